The first kappa shape index (κ1) is 26.9. The van der Waals surface area contributed by atoms with Crippen molar-refractivity contribution in [2.75, 3.05) is 18.8 Å². The summed E-state index contributed by atoms with van der Waals surface area (Å²) in [4.78, 5) is 45.5. The van der Waals surface area contributed by atoms with Gasteiger partial charge in [0.15, 0.2) is 0 Å². The van der Waals surface area contributed by atoms with Crippen molar-refractivity contribution in [2.45, 2.75) is 26.2 Å². The van der Waals surface area contributed by atoms with Crippen LogP contribution in [-0.2, 0) is 20.3 Å². The summed E-state index contributed by atoms with van der Waals surface area (Å²) in [5, 5.41) is 15.3. The third kappa shape index (κ3) is 5.41. The van der Waals surface area contributed by atoms with Crippen molar-refractivity contribution in [1.29, 1.82) is 0 Å². The average Bonchev–Trinajstić information content (AvgIpc) is 3.09. The Morgan fingerprint density at radius 3 is 2.18 bits per heavy atom. The Morgan fingerprint density at radius 2 is 1.58 bits per heavy atom. The molecule has 4 N–H and O–H groups in total. The summed E-state index contributed by atoms with van der Waals surface area (Å²) in [6.07, 6.45) is 0. The van der Waals surface area contributed by atoms with E-state index in [4.69, 9.17) is 14.7 Å². The molecular weight excluding hydrogens is 512 g/mol. The summed E-state index contributed by atoms with van der Waals surface area (Å²) in [6, 6.07) is 12.5. The molecule has 0 fully saturated rings. The molecule has 3 aromatic rings. The summed E-state index contributed by atoms with van der Waals surface area (Å²) in [5.41, 5.74) is 3.20. The van der Waals surface area contributed by atoms with Crippen LogP contribution in [-0.4, -0.2) is 65.4 Å². The van der Waals surface area contributed by atoms with Crippen LogP contribution in [0.3, 0.4) is 0 Å². The molecule has 0 saturated heterocycles. The van der Waals surface area contributed by atoms with Gasteiger partial charge in [-0.1, -0.05) is 38.1 Å². The SMILES string of the molecule is CC1=Nc2c(cc(-c3cc(C(=O)NCCS(=O)(=O)O)nc(C(=O)NCC(=O)O)c3)c3ccccc23)C1(C)C. The molecule has 1 aromatic heterocycles. The molecule has 0 aliphatic carbocycles. The van der Waals surface area contributed by atoms with Crippen LogP contribution in [0.15, 0.2) is 47.5 Å². The zero-order chi connectivity index (χ0) is 27.8. The van der Waals surface area contributed by atoms with Crippen molar-refractivity contribution in [3.05, 3.63) is 59.4 Å². The number of carboxylic acid groups (broad SMARTS) is 1. The van der Waals surface area contributed by atoms with E-state index < -0.39 is 40.2 Å². The molecule has 0 saturated carbocycles. The minimum absolute atomic E-state index is 0.186. The topological polar surface area (TPSA) is 175 Å². The quantitative estimate of drug-likeness (QED) is 0.317. The van der Waals surface area contributed by atoms with Gasteiger partial charge in [-0.05, 0) is 47.2 Å². The van der Waals surface area contributed by atoms with Gasteiger partial charge in [0.1, 0.15) is 17.9 Å². The van der Waals surface area contributed by atoms with Gasteiger partial charge >= 0.3 is 5.97 Å². The normalized spacial score (nSPS) is 14.1. The summed E-state index contributed by atoms with van der Waals surface area (Å²) in [6.45, 7) is 5.05. The van der Waals surface area contributed by atoms with Gasteiger partial charge in [-0.25, -0.2) is 4.98 Å². The van der Waals surface area contributed by atoms with Crippen molar-refractivity contribution < 1.29 is 32.5 Å². The van der Waals surface area contributed by atoms with Gasteiger partial charge in [-0.15, -0.1) is 0 Å². The Balaban J connectivity index is 1.87. The molecule has 12 heteroatoms. The Morgan fingerprint density at radius 1 is 0.974 bits per heavy atom. The number of pyridine rings is 1. The minimum Gasteiger partial charge on any atom is -0.480 e. The fraction of sp³-hybridized carbons (Fsp3) is 0.269. The molecule has 2 heterocycles. The van der Waals surface area contributed by atoms with Crippen LogP contribution in [0.4, 0.5) is 5.69 Å². The second-order valence-electron chi connectivity index (χ2n) is 9.43. The predicted octanol–water partition coefficient (Wildman–Crippen LogP) is 2.72. The van der Waals surface area contributed by atoms with Crippen molar-refractivity contribution in [2.24, 2.45) is 4.99 Å². The number of benzene rings is 2. The molecule has 0 atom stereocenters. The molecule has 38 heavy (non-hydrogen) atoms. The molecule has 1 aliphatic heterocycles. The molecule has 198 valence electrons. The first-order valence-corrected chi connectivity index (χ1v) is 13.3. The van der Waals surface area contributed by atoms with E-state index in [1.54, 1.807) is 0 Å². The van der Waals surface area contributed by atoms with Crippen molar-refractivity contribution in [3.63, 3.8) is 0 Å². The number of aliphatic imine (C=N–C) groups is 1. The number of hydrogen-bond donors (Lipinski definition) is 4. The average molecular weight is 539 g/mol. The third-order valence-corrected chi connectivity index (χ3v) is 7.24. The van der Waals surface area contributed by atoms with Crippen molar-refractivity contribution in [3.8, 4) is 11.1 Å². The van der Waals surface area contributed by atoms with E-state index in [1.165, 1.54) is 12.1 Å². The Hall–Kier alpha value is -4.16. The van der Waals surface area contributed by atoms with E-state index in [9.17, 15) is 22.8 Å². The maximum atomic E-state index is 12.9. The van der Waals surface area contributed by atoms with Crippen LogP contribution < -0.4 is 10.6 Å². The lowest BCUT2D eigenvalue weighted by Gasteiger charge is -2.22. The number of nitrogens with one attached hydrogen (secondary N) is 2. The number of carboxylic acids is 1. The van der Waals surface area contributed by atoms with E-state index in [2.05, 4.69) is 29.5 Å². The maximum absolute atomic E-state index is 12.9. The van der Waals surface area contributed by atoms with Gasteiger partial charge in [0.05, 0.1) is 11.4 Å². The molecule has 0 unspecified atom stereocenters. The molecule has 0 spiro atoms. The summed E-state index contributed by atoms with van der Waals surface area (Å²) >= 11 is 0. The van der Waals surface area contributed by atoms with Gasteiger partial charge in [0.2, 0.25) is 0 Å². The van der Waals surface area contributed by atoms with E-state index >= 15 is 0 Å². The van der Waals surface area contributed by atoms with Crippen LogP contribution in [0.5, 0.6) is 0 Å². The lowest BCUT2D eigenvalue weighted by molar-refractivity contribution is -0.135. The highest BCUT2D eigenvalue weighted by Crippen LogP contribution is 2.47. The Labute approximate surface area is 218 Å². The fourth-order valence-electron chi connectivity index (χ4n) is 4.25. The largest absolute Gasteiger partial charge is 0.480 e. The van der Waals surface area contributed by atoms with Crippen molar-refractivity contribution >= 4 is 50.1 Å². The molecule has 0 bridgehead atoms. The van der Waals surface area contributed by atoms with E-state index in [0.29, 0.717) is 11.1 Å². The minimum atomic E-state index is -4.30. The third-order valence-electron chi connectivity index (χ3n) is 6.52. The molecule has 1 aliphatic rings. The number of aromatic nitrogens is 1. The number of aliphatic carboxylic acids is 1. The number of carbonyl (C=O) groups is 3. The van der Waals surface area contributed by atoms with Gasteiger partial charge in [-0.2, -0.15) is 8.42 Å². The second kappa shape index (κ2) is 9.95. The monoisotopic (exact) mass is 538 g/mol. The Bertz CT molecular complexity index is 1630. The highest BCUT2D eigenvalue weighted by molar-refractivity contribution is 7.85. The molecule has 2 aromatic carbocycles. The van der Waals surface area contributed by atoms with Crippen molar-refractivity contribution in [1.82, 2.24) is 15.6 Å². The lowest BCUT2D eigenvalue weighted by atomic mass is 9.79. The Kier molecular flexibility index (Phi) is 7.04. The summed E-state index contributed by atoms with van der Waals surface area (Å²) in [7, 11) is -4.30. The highest BCUT2D eigenvalue weighted by atomic mass is 32.2. The van der Waals surface area contributed by atoms with Crippen LogP contribution in [0.2, 0.25) is 0 Å². The van der Waals surface area contributed by atoms with Gasteiger partial charge in [0.25, 0.3) is 21.9 Å². The standard InChI is InChI=1S/C26H26N4O7S/c1-14-26(2,3)19-12-18(16-6-4-5-7-17(16)23(19)29-14)15-10-20(24(33)27-8-9-38(35,36)37)30-21(11-15)25(34)28-13-22(31)32/h4-7,10-12H,8-9,13H2,1-3H3,(H,27,33)(H,28,34)(H,31,32)(H,35,36,37). The van der Waals surface area contributed by atoms with E-state index in [-0.39, 0.29) is 23.3 Å². The lowest BCUT2D eigenvalue weighted by Crippen LogP contribution is -2.32. The molecular formula is C26H26N4O7S. The van der Waals surface area contributed by atoms with Crippen LogP contribution in [0, 0.1) is 0 Å². The fourth-order valence-corrected chi connectivity index (χ4v) is 4.61. The number of fused-ring (bicyclic) bond motifs is 3. The van der Waals surface area contributed by atoms with Gasteiger partial charge in [0, 0.05) is 23.1 Å². The number of rotatable bonds is 8. The number of hydrogen-bond acceptors (Lipinski definition) is 7. The maximum Gasteiger partial charge on any atom is 0.322 e. The molecule has 0 radical (unpaired) electrons. The second-order valence-corrected chi connectivity index (χ2v) is 11.0. The van der Waals surface area contributed by atoms with Gasteiger partial charge in [-0.3, -0.25) is 23.9 Å². The highest BCUT2D eigenvalue weighted by Gasteiger charge is 2.34. The summed E-state index contributed by atoms with van der Waals surface area (Å²) in [5.74, 6) is -3.52. The smallest absolute Gasteiger partial charge is 0.322 e. The zero-order valence-electron chi connectivity index (χ0n) is 20.9. The van der Waals surface area contributed by atoms with Crippen LogP contribution in [0.25, 0.3) is 21.9 Å². The molecule has 11 nitrogen and oxygen atoms in total. The van der Waals surface area contributed by atoms with Crippen LogP contribution >= 0.6 is 0 Å². The molecule has 2 amide bonds. The summed E-state index contributed by atoms with van der Waals surface area (Å²) < 4.78 is 31.0. The van der Waals surface area contributed by atoms with E-state index in [1.807, 2.05) is 37.3 Å². The zero-order valence-corrected chi connectivity index (χ0v) is 21.7. The van der Waals surface area contributed by atoms with Gasteiger partial charge < -0.3 is 15.7 Å². The van der Waals surface area contributed by atoms with E-state index in [0.717, 1.165) is 27.7 Å². The first-order chi connectivity index (χ1) is 17.8. The number of nitrogens with zero attached hydrogens (tertiary/aromatic N) is 2. The first-order valence-electron chi connectivity index (χ1n) is 11.7. The number of amides is 2. The molecule has 4 rings (SSSR count). The predicted molar refractivity (Wildman–Crippen MR) is 142 cm³/mol. The van der Waals surface area contributed by atoms with Crippen LogP contribution in [0.1, 0.15) is 47.3 Å². The number of carbonyl (C=O) groups excluding carboxylic acids is 2.